The molecule has 182 valence electrons. The zero-order valence-corrected chi connectivity index (χ0v) is 20.2. The smallest absolute Gasteiger partial charge is 0.278 e. The average Bonchev–Trinajstić information content (AvgIpc) is 3.18. The number of benzene rings is 3. The molecule has 3 aromatic carbocycles. The number of aromatic nitrogens is 3. The molecule has 8 heteroatoms. The maximum atomic E-state index is 14.1. The number of hydrogen-bond acceptors (Lipinski definition) is 3. The average molecular weight is 503 g/mol. The second-order valence-electron chi connectivity index (χ2n) is 8.65. The van der Waals surface area contributed by atoms with Gasteiger partial charge in [0.05, 0.1) is 18.4 Å². The van der Waals surface area contributed by atoms with E-state index in [9.17, 15) is 14.0 Å². The fraction of sp³-hybridized carbons (Fsp3) is 0.179. The Balaban J connectivity index is 1.44. The number of nitrogens with one attached hydrogen (secondary N) is 1. The normalized spacial score (nSPS) is 11.3. The van der Waals surface area contributed by atoms with Crippen LogP contribution in [0.1, 0.15) is 17.5 Å². The summed E-state index contributed by atoms with van der Waals surface area (Å²) in [5, 5.41) is 3.97. The van der Waals surface area contributed by atoms with Crippen LogP contribution in [-0.4, -0.2) is 26.6 Å². The maximum Gasteiger partial charge on any atom is 0.278 e. The molecule has 5 aromatic rings. The van der Waals surface area contributed by atoms with Crippen LogP contribution < -0.4 is 10.9 Å². The summed E-state index contributed by atoms with van der Waals surface area (Å²) >= 11 is 6.29. The minimum Gasteiger partial charge on any atom is -0.355 e. The monoisotopic (exact) mass is 502 g/mol. The van der Waals surface area contributed by atoms with Gasteiger partial charge in [-0.05, 0) is 48.2 Å². The first kappa shape index (κ1) is 23.8. The molecule has 0 bridgehead atoms. The van der Waals surface area contributed by atoms with Gasteiger partial charge < -0.3 is 9.88 Å². The highest BCUT2D eigenvalue weighted by molar-refractivity contribution is 6.31. The number of nitrogens with zero attached hydrogens (tertiary/aromatic N) is 3. The Morgan fingerprint density at radius 2 is 1.81 bits per heavy atom. The molecule has 0 aliphatic carbocycles. The largest absolute Gasteiger partial charge is 0.355 e. The third-order valence-electron chi connectivity index (χ3n) is 6.20. The van der Waals surface area contributed by atoms with Crippen molar-refractivity contribution in [1.29, 1.82) is 0 Å². The second kappa shape index (κ2) is 10.3. The van der Waals surface area contributed by atoms with Gasteiger partial charge in [0.25, 0.3) is 5.56 Å². The highest BCUT2D eigenvalue weighted by Gasteiger charge is 2.19. The molecule has 0 unspecified atom stereocenters. The molecule has 0 aliphatic rings. The van der Waals surface area contributed by atoms with Crippen LogP contribution in [0.15, 0.2) is 83.9 Å². The van der Waals surface area contributed by atoms with Crippen molar-refractivity contribution >= 4 is 39.4 Å². The number of carbonyl (C=O) groups is 1. The molecule has 0 aliphatic heterocycles. The summed E-state index contributed by atoms with van der Waals surface area (Å²) in [4.78, 5) is 30.9. The zero-order valence-electron chi connectivity index (χ0n) is 19.5. The molecular formula is C28H24ClFN4O2. The lowest BCUT2D eigenvalue weighted by atomic mass is 10.1. The van der Waals surface area contributed by atoms with Crippen LogP contribution in [0.2, 0.25) is 5.02 Å². The summed E-state index contributed by atoms with van der Waals surface area (Å²) in [5.41, 5.74) is 2.85. The third-order valence-corrected chi connectivity index (χ3v) is 6.56. The van der Waals surface area contributed by atoms with E-state index in [0.717, 1.165) is 18.4 Å². The molecular weight excluding hydrogens is 479 g/mol. The quantitative estimate of drug-likeness (QED) is 0.305. The molecule has 1 N–H and O–H groups in total. The van der Waals surface area contributed by atoms with Crippen LogP contribution in [0.4, 0.5) is 4.39 Å². The lowest BCUT2D eigenvalue weighted by Crippen LogP contribution is -2.30. The summed E-state index contributed by atoms with van der Waals surface area (Å²) in [5.74, 6) is -0.666. The van der Waals surface area contributed by atoms with Gasteiger partial charge in [0, 0.05) is 17.0 Å². The van der Waals surface area contributed by atoms with E-state index in [1.165, 1.54) is 28.6 Å². The molecule has 0 saturated carbocycles. The van der Waals surface area contributed by atoms with Crippen LogP contribution in [0.5, 0.6) is 0 Å². The van der Waals surface area contributed by atoms with Crippen molar-refractivity contribution in [1.82, 2.24) is 19.4 Å². The van der Waals surface area contributed by atoms with E-state index in [4.69, 9.17) is 11.6 Å². The Bertz CT molecular complexity index is 1610. The van der Waals surface area contributed by atoms with E-state index in [1.54, 1.807) is 16.7 Å². The Kier molecular flexibility index (Phi) is 6.82. The highest BCUT2D eigenvalue weighted by atomic mass is 35.5. The van der Waals surface area contributed by atoms with Crippen molar-refractivity contribution in [2.75, 3.05) is 6.54 Å². The van der Waals surface area contributed by atoms with Gasteiger partial charge in [0.2, 0.25) is 5.91 Å². The Labute approximate surface area is 212 Å². The lowest BCUT2D eigenvalue weighted by Gasteiger charge is -2.10. The molecule has 2 heterocycles. The van der Waals surface area contributed by atoms with Gasteiger partial charge in [-0.25, -0.2) is 9.37 Å². The number of aryl methyl sites for hydroxylation is 1. The number of rotatable bonds is 8. The first-order valence-electron chi connectivity index (χ1n) is 11.7. The molecule has 0 radical (unpaired) electrons. The van der Waals surface area contributed by atoms with E-state index < -0.39 is 5.82 Å². The fourth-order valence-electron chi connectivity index (χ4n) is 4.42. The SMILES string of the molecule is O=C(Cn1c2ccc(F)cc2c2ncn(Cc3ccccc3Cl)c(=O)c21)NCCCc1ccccc1. The number of hydrogen-bond donors (Lipinski definition) is 1. The molecule has 0 spiro atoms. The minimum atomic E-state index is -0.436. The van der Waals surface area contributed by atoms with Gasteiger partial charge in [-0.2, -0.15) is 0 Å². The van der Waals surface area contributed by atoms with E-state index >= 15 is 0 Å². The molecule has 0 saturated heterocycles. The van der Waals surface area contributed by atoms with Gasteiger partial charge in [-0.15, -0.1) is 0 Å². The predicted octanol–water partition coefficient (Wildman–Crippen LogP) is 4.94. The standard InChI is InChI=1S/C28H24ClFN4O2/c29-23-11-5-4-10-20(23)16-33-18-32-26-22-15-21(30)12-13-24(22)34(27(26)28(33)36)17-25(35)31-14-6-9-19-7-2-1-3-8-19/h1-5,7-8,10-13,15,18H,6,9,14,16-17H2,(H,31,35). The van der Waals surface area contributed by atoms with E-state index in [2.05, 4.69) is 22.4 Å². The van der Waals surface area contributed by atoms with Gasteiger partial charge in [0.1, 0.15) is 23.4 Å². The summed E-state index contributed by atoms with van der Waals surface area (Å²) in [7, 11) is 0. The van der Waals surface area contributed by atoms with Crippen molar-refractivity contribution in [3.05, 3.63) is 111 Å². The maximum absolute atomic E-state index is 14.1. The van der Waals surface area contributed by atoms with Crippen LogP contribution in [-0.2, 0) is 24.3 Å². The number of fused-ring (bicyclic) bond motifs is 3. The van der Waals surface area contributed by atoms with E-state index in [-0.39, 0.29) is 30.1 Å². The van der Waals surface area contributed by atoms with Crippen LogP contribution in [0.25, 0.3) is 21.9 Å². The van der Waals surface area contributed by atoms with Crippen molar-refractivity contribution in [3.8, 4) is 0 Å². The Morgan fingerprint density at radius 1 is 1.03 bits per heavy atom. The van der Waals surface area contributed by atoms with Gasteiger partial charge >= 0.3 is 0 Å². The van der Waals surface area contributed by atoms with Crippen molar-refractivity contribution in [2.24, 2.45) is 0 Å². The summed E-state index contributed by atoms with van der Waals surface area (Å²) in [6.45, 7) is 0.654. The first-order chi connectivity index (χ1) is 17.5. The van der Waals surface area contributed by atoms with Crippen LogP contribution >= 0.6 is 11.6 Å². The molecule has 1 amide bonds. The van der Waals surface area contributed by atoms with Crippen molar-refractivity contribution in [2.45, 2.75) is 25.9 Å². The van der Waals surface area contributed by atoms with Gasteiger partial charge in [0.15, 0.2) is 0 Å². The van der Waals surface area contributed by atoms with E-state index in [0.29, 0.717) is 28.0 Å². The van der Waals surface area contributed by atoms with Gasteiger partial charge in [-0.1, -0.05) is 60.1 Å². The van der Waals surface area contributed by atoms with Crippen molar-refractivity contribution in [3.63, 3.8) is 0 Å². The minimum absolute atomic E-state index is 0.0794. The fourth-order valence-corrected chi connectivity index (χ4v) is 4.62. The lowest BCUT2D eigenvalue weighted by molar-refractivity contribution is -0.121. The molecule has 36 heavy (non-hydrogen) atoms. The number of carbonyl (C=O) groups excluding carboxylic acids is 1. The summed E-state index contributed by atoms with van der Waals surface area (Å²) < 4.78 is 17.2. The van der Waals surface area contributed by atoms with E-state index in [1.807, 2.05) is 36.4 Å². The predicted molar refractivity (Wildman–Crippen MR) is 140 cm³/mol. The van der Waals surface area contributed by atoms with Crippen molar-refractivity contribution < 1.29 is 9.18 Å². The van der Waals surface area contributed by atoms with Crippen LogP contribution in [0.3, 0.4) is 0 Å². The van der Waals surface area contributed by atoms with Gasteiger partial charge in [-0.3, -0.25) is 14.2 Å². The Hall–Kier alpha value is -3.97. The Morgan fingerprint density at radius 3 is 2.61 bits per heavy atom. The van der Waals surface area contributed by atoms with Crippen LogP contribution in [0, 0.1) is 5.82 Å². The zero-order chi connectivity index (χ0) is 25.1. The molecule has 6 nitrogen and oxygen atoms in total. The second-order valence-corrected chi connectivity index (χ2v) is 9.06. The number of amides is 1. The number of halogens is 2. The summed E-state index contributed by atoms with van der Waals surface area (Å²) in [6.07, 6.45) is 3.08. The molecule has 0 atom stereocenters. The molecule has 2 aromatic heterocycles. The molecule has 0 fully saturated rings. The third kappa shape index (κ3) is 4.88. The molecule has 5 rings (SSSR count). The summed E-state index contributed by atoms with van der Waals surface area (Å²) in [6, 6.07) is 21.6. The highest BCUT2D eigenvalue weighted by Crippen LogP contribution is 2.26. The topological polar surface area (TPSA) is 68.9 Å². The first-order valence-corrected chi connectivity index (χ1v) is 12.1.